The molecule has 0 spiro atoms. The van der Waals surface area contributed by atoms with Crippen LogP contribution in [-0.4, -0.2) is 5.78 Å². The van der Waals surface area contributed by atoms with Crippen LogP contribution in [0.2, 0.25) is 0 Å². The Labute approximate surface area is 99.1 Å². The molecule has 1 aromatic carbocycles. The van der Waals surface area contributed by atoms with Crippen molar-refractivity contribution in [2.24, 2.45) is 0 Å². The normalized spacial score (nSPS) is 10.5. The van der Waals surface area contributed by atoms with Crippen LogP contribution in [0.3, 0.4) is 0 Å². The fraction of sp³-hybridized carbons (Fsp3) is 0.214. The minimum atomic E-state index is -0.284. The van der Waals surface area contributed by atoms with Gasteiger partial charge in [-0.15, -0.1) is 0 Å². The van der Waals surface area contributed by atoms with Gasteiger partial charge in [-0.25, -0.2) is 4.39 Å². The van der Waals surface area contributed by atoms with E-state index in [1.54, 1.807) is 19.1 Å². The molecule has 0 atom stereocenters. The Balaban J connectivity index is 2.22. The third kappa shape index (κ3) is 2.44. The second kappa shape index (κ2) is 4.53. The summed E-state index contributed by atoms with van der Waals surface area (Å²) in [5.74, 6) is 0.0174. The molecule has 2 aromatic rings. The Morgan fingerprint density at radius 2 is 2.00 bits per heavy atom. The van der Waals surface area contributed by atoms with E-state index >= 15 is 0 Å². The number of furan rings is 1. The second-order valence-corrected chi connectivity index (χ2v) is 4.10. The van der Waals surface area contributed by atoms with E-state index in [9.17, 15) is 9.18 Å². The number of aryl methyl sites for hydroxylation is 2. The molecule has 1 heterocycles. The minimum absolute atomic E-state index is 0.0813. The molecule has 0 radical (unpaired) electrons. The molecule has 2 rings (SSSR count). The zero-order valence-electron chi connectivity index (χ0n) is 9.79. The third-order valence-electron chi connectivity index (χ3n) is 2.77. The number of halogens is 1. The molecule has 0 aliphatic heterocycles. The molecule has 0 bridgehead atoms. The standard InChI is InChI=1S/C14H13FO2/c1-9-5-6-17-14(9)13(16)8-11-3-4-12(15)7-10(11)2/h3-7H,8H2,1-2H3. The van der Waals surface area contributed by atoms with E-state index in [0.29, 0.717) is 5.76 Å². The highest BCUT2D eigenvalue weighted by molar-refractivity contribution is 5.96. The monoisotopic (exact) mass is 232 g/mol. The van der Waals surface area contributed by atoms with Gasteiger partial charge in [0.15, 0.2) is 5.76 Å². The van der Waals surface area contributed by atoms with Gasteiger partial charge in [-0.3, -0.25) is 4.79 Å². The molecule has 0 unspecified atom stereocenters. The van der Waals surface area contributed by atoms with Crippen molar-refractivity contribution in [3.05, 3.63) is 58.8 Å². The number of carbonyl (C=O) groups excluding carboxylic acids is 1. The first-order valence-corrected chi connectivity index (χ1v) is 5.40. The fourth-order valence-corrected chi connectivity index (χ4v) is 1.77. The zero-order chi connectivity index (χ0) is 12.4. The highest BCUT2D eigenvalue weighted by Gasteiger charge is 2.14. The molecule has 0 aliphatic rings. The van der Waals surface area contributed by atoms with Crippen molar-refractivity contribution in [1.29, 1.82) is 0 Å². The Hall–Kier alpha value is -1.90. The van der Waals surface area contributed by atoms with Crippen molar-refractivity contribution in [3.8, 4) is 0 Å². The lowest BCUT2D eigenvalue weighted by Gasteiger charge is -2.04. The Bertz CT molecular complexity index is 555. The van der Waals surface area contributed by atoms with E-state index in [1.165, 1.54) is 18.4 Å². The predicted octanol–water partition coefficient (Wildman–Crippen LogP) is 3.46. The van der Waals surface area contributed by atoms with Gasteiger partial charge in [0.25, 0.3) is 0 Å². The van der Waals surface area contributed by atoms with Crippen LogP contribution in [0, 0.1) is 19.7 Å². The van der Waals surface area contributed by atoms with Gasteiger partial charge in [-0.2, -0.15) is 0 Å². The lowest BCUT2D eigenvalue weighted by Crippen LogP contribution is -2.05. The first-order chi connectivity index (χ1) is 8.08. The zero-order valence-corrected chi connectivity index (χ0v) is 9.79. The summed E-state index contributed by atoms with van der Waals surface area (Å²) >= 11 is 0. The lowest BCUT2D eigenvalue weighted by molar-refractivity contribution is 0.0965. The molecule has 0 N–H and O–H groups in total. The maximum atomic E-state index is 12.9. The number of Topliss-reactive ketones (excluding diaryl/α,β-unsaturated/α-hetero) is 1. The van der Waals surface area contributed by atoms with Crippen LogP contribution in [0.15, 0.2) is 34.9 Å². The summed E-state index contributed by atoms with van der Waals surface area (Å²) in [5.41, 5.74) is 2.43. The van der Waals surface area contributed by atoms with Crippen LogP contribution < -0.4 is 0 Å². The van der Waals surface area contributed by atoms with E-state index in [-0.39, 0.29) is 18.0 Å². The van der Waals surface area contributed by atoms with Gasteiger partial charge in [0.1, 0.15) is 5.82 Å². The molecule has 2 nitrogen and oxygen atoms in total. The number of hydrogen-bond acceptors (Lipinski definition) is 2. The summed E-state index contributed by atoms with van der Waals surface area (Å²) in [5, 5.41) is 0. The quantitative estimate of drug-likeness (QED) is 0.758. The molecular formula is C14H13FO2. The molecule has 3 heteroatoms. The summed E-state index contributed by atoms with van der Waals surface area (Å²) in [6.07, 6.45) is 1.74. The smallest absolute Gasteiger partial charge is 0.202 e. The highest BCUT2D eigenvalue weighted by atomic mass is 19.1. The van der Waals surface area contributed by atoms with Gasteiger partial charge < -0.3 is 4.42 Å². The van der Waals surface area contributed by atoms with Crippen LogP contribution in [-0.2, 0) is 6.42 Å². The maximum Gasteiger partial charge on any atom is 0.202 e. The predicted molar refractivity (Wildman–Crippen MR) is 62.6 cm³/mol. The van der Waals surface area contributed by atoms with Crippen molar-refractivity contribution in [2.45, 2.75) is 20.3 Å². The van der Waals surface area contributed by atoms with Crippen molar-refractivity contribution in [3.63, 3.8) is 0 Å². The van der Waals surface area contributed by atoms with Gasteiger partial charge in [0, 0.05) is 6.42 Å². The average Bonchev–Trinajstić information content (AvgIpc) is 2.68. The lowest BCUT2D eigenvalue weighted by atomic mass is 10.0. The number of benzene rings is 1. The molecule has 0 saturated carbocycles. The number of ketones is 1. The number of rotatable bonds is 3. The van der Waals surface area contributed by atoms with Crippen LogP contribution in [0.25, 0.3) is 0 Å². The van der Waals surface area contributed by atoms with E-state index in [0.717, 1.165) is 16.7 Å². The molecule has 1 aromatic heterocycles. The Morgan fingerprint density at radius 1 is 1.24 bits per heavy atom. The molecule has 0 amide bonds. The second-order valence-electron chi connectivity index (χ2n) is 4.10. The van der Waals surface area contributed by atoms with Crippen LogP contribution >= 0.6 is 0 Å². The molecular weight excluding hydrogens is 219 g/mol. The van der Waals surface area contributed by atoms with Crippen molar-refractivity contribution < 1.29 is 13.6 Å². The van der Waals surface area contributed by atoms with Crippen molar-refractivity contribution >= 4 is 5.78 Å². The van der Waals surface area contributed by atoms with Gasteiger partial charge in [0.05, 0.1) is 6.26 Å². The number of carbonyl (C=O) groups is 1. The molecule has 0 aliphatic carbocycles. The fourth-order valence-electron chi connectivity index (χ4n) is 1.77. The van der Waals surface area contributed by atoms with Crippen molar-refractivity contribution in [2.75, 3.05) is 0 Å². The van der Waals surface area contributed by atoms with Gasteiger partial charge in [-0.05, 0) is 48.7 Å². The largest absolute Gasteiger partial charge is 0.461 e. The summed E-state index contributed by atoms with van der Waals surface area (Å²) in [4.78, 5) is 11.9. The van der Waals surface area contributed by atoms with E-state index in [1.807, 2.05) is 6.92 Å². The minimum Gasteiger partial charge on any atom is -0.461 e. The van der Waals surface area contributed by atoms with Gasteiger partial charge >= 0.3 is 0 Å². The van der Waals surface area contributed by atoms with Crippen LogP contribution in [0.4, 0.5) is 4.39 Å². The first-order valence-electron chi connectivity index (χ1n) is 5.40. The summed E-state index contributed by atoms with van der Waals surface area (Å²) in [7, 11) is 0. The number of hydrogen-bond donors (Lipinski definition) is 0. The van der Waals surface area contributed by atoms with Gasteiger partial charge in [-0.1, -0.05) is 6.07 Å². The van der Waals surface area contributed by atoms with Crippen LogP contribution in [0.5, 0.6) is 0 Å². The molecule has 0 saturated heterocycles. The molecule has 88 valence electrons. The third-order valence-corrected chi connectivity index (χ3v) is 2.77. The van der Waals surface area contributed by atoms with E-state index in [2.05, 4.69) is 0 Å². The average molecular weight is 232 g/mol. The van der Waals surface area contributed by atoms with Gasteiger partial charge in [0.2, 0.25) is 5.78 Å². The molecule has 17 heavy (non-hydrogen) atoms. The van der Waals surface area contributed by atoms with E-state index < -0.39 is 0 Å². The van der Waals surface area contributed by atoms with Crippen LogP contribution in [0.1, 0.15) is 27.2 Å². The first kappa shape index (κ1) is 11.6. The summed E-state index contributed by atoms with van der Waals surface area (Å²) in [6.45, 7) is 3.62. The maximum absolute atomic E-state index is 12.9. The summed E-state index contributed by atoms with van der Waals surface area (Å²) in [6, 6.07) is 6.19. The highest BCUT2D eigenvalue weighted by Crippen LogP contribution is 2.16. The molecule has 0 fully saturated rings. The topological polar surface area (TPSA) is 30.2 Å². The Morgan fingerprint density at radius 3 is 2.59 bits per heavy atom. The van der Waals surface area contributed by atoms with Crippen molar-refractivity contribution in [1.82, 2.24) is 0 Å². The van der Waals surface area contributed by atoms with E-state index in [4.69, 9.17) is 4.42 Å². The summed E-state index contributed by atoms with van der Waals surface area (Å²) < 4.78 is 18.1. The SMILES string of the molecule is Cc1cc(F)ccc1CC(=O)c1occc1C. The Kier molecular flexibility index (Phi) is 3.09.